The van der Waals surface area contributed by atoms with E-state index in [-0.39, 0.29) is 11.8 Å². The van der Waals surface area contributed by atoms with E-state index < -0.39 is 11.9 Å². The first-order valence-corrected chi connectivity index (χ1v) is 7.71. The van der Waals surface area contributed by atoms with Gasteiger partial charge in [-0.25, -0.2) is 9.42 Å². The Morgan fingerprint density at radius 1 is 1.27 bits per heavy atom. The van der Waals surface area contributed by atoms with Gasteiger partial charge in [-0.3, -0.25) is 0 Å². The van der Waals surface area contributed by atoms with Gasteiger partial charge in [0.2, 0.25) is 5.95 Å². The molecular weight excluding hydrogens is 338 g/mol. The van der Waals surface area contributed by atoms with Crippen LogP contribution in [0.1, 0.15) is 24.0 Å². The molecule has 5 N–H and O–H groups in total. The van der Waals surface area contributed by atoms with Crippen LogP contribution in [0.25, 0.3) is 11.0 Å². The Morgan fingerprint density at radius 3 is 2.85 bits per heavy atom. The number of ether oxygens (including phenoxy) is 1. The van der Waals surface area contributed by atoms with Crippen molar-refractivity contribution >= 4 is 34.6 Å². The normalized spacial score (nSPS) is 16.3. The van der Waals surface area contributed by atoms with Gasteiger partial charge in [0.1, 0.15) is 22.7 Å². The molecule has 0 radical (unpaired) electrons. The molecule has 132 valence electrons. The molecule has 10 heteroatoms. The first kappa shape index (κ1) is 15.8. The molecule has 2 aromatic heterocycles. The number of nitrogens with one attached hydrogen (secondary N) is 1. The Bertz CT molecular complexity index is 1070. The number of hydrogen-bond acceptors (Lipinski definition) is 10. The molecule has 0 bridgehead atoms. The number of rotatable bonds is 2. The number of nitrogen functional groups attached to an aromatic ring is 2. The van der Waals surface area contributed by atoms with Crippen LogP contribution in [0.2, 0.25) is 0 Å². The zero-order chi connectivity index (χ0) is 18.4. The quantitative estimate of drug-likeness (QED) is 0.572. The van der Waals surface area contributed by atoms with Gasteiger partial charge in [-0.2, -0.15) is 9.97 Å². The van der Waals surface area contributed by atoms with E-state index in [2.05, 4.69) is 25.6 Å². The van der Waals surface area contributed by atoms with Crippen LogP contribution in [-0.2, 0) is 9.53 Å². The molecule has 0 saturated carbocycles. The number of nitrogens with two attached hydrogens (primary N) is 2. The minimum absolute atomic E-state index is 0.0307. The SMILES string of the molecule is COC(=O)C1=C(C)Nc2nc(N)nc(N)c2C1c1cccc2nonc12. The molecule has 3 heterocycles. The Kier molecular flexibility index (Phi) is 3.46. The van der Waals surface area contributed by atoms with Gasteiger partial charge in [0.05, 0.1) is 18.6 Å². The Morgan fingerprint density at radius 2 is 2.08 bits per heavy atom. The van der Waals surface area contributed by atoms with Crippen LogP contribution < -0.4 is 16.8 Å². The fourth-order valence-corrected chi connectivity index (χ4v) is 3.24. The number of fused-ring (bicyclic) bond motifs is 2. The van der Waals surface area contributed by atoms with Gasteiger partial charge in [0, 0.05) is 11.3 Å². The number of aromatic nitrogens is 4. The highest BCUT2D eigenvalue weighted by Gasteiger charge is 2.37. The number of allylic oxidation sites excluding steroid dienone is 1. The average molecular weight is 353 g/mol. The molecule has 26 heavy (non-hydrogen) atoms. The summed E-state index contributed by atoms with van der Waals surface area (Å²) in [6, 6.07) is 5.37. The summed E-state index contributed by atoms with van der Waals surface area (Å²) < 4.78 is 9.83. The highest BCUT2D eigenvalue weighted by Crippen LogP contribution is 2.45. The molecule has 0 aliphatic carbocycles. The number of nitrogens with zero attached hydrogens (tertiary/aromatic N) is 4. The van der Waals surface area contributed by atoms with E-state index in [1.807, 2.05) is 6.07 Å². The van der Waals surface area contributed by atoms with Gasteiger partial charge in [-0.1, -0.05) is 12.1 Å². The highest BCUT2D eigenvalue weighted by molar-refractivity contribution is 5.96. The summed E-state index contributed by atoms with van der Waals surface area (Å²) in [7, 11) is 1.32. The van der Waals surface area contributed by atoms with Crippen LogP contribution in [0, 0.1) is 0 Å². The predicted octanol–water partition coefficient (Wildman–Crippen LogP) is 1.18. The first-order chi connectivity index (χ1) is 12.5. The highest BCUT2D eigenvalue weighted by atomic mass is 16.6. The molecule has 1 aliphatic rings. The molecule has 3 aromatic rings. The number of anilines is 3. The Labute approximate surface area is 147 Å². The second-order valence-corrected chi connectivity index (χ2v) is 5.80. The standard InChI is InChI=1S/C16H15N7O3/c1-6-9(15(24)25-2)10(7-4-3-5-8-12(7)23-26-22-8)11-13(17)20-16(18)21-14(11)19-6/h3-5,10H,1-2H3,(H5,17,18,19,20,21). The summed E-state index contributed by atoms with van der Waals surface area (Å²) in [6.07, 6.45) is 0. The van der Waals surface area contributed by atoms with Crippen LogP contribution in [-0.4, -0.2) is 33.4 Å². The molecule has 1 aliphatic heterocycles. The van der Waals surface area contributed by atoms with Gasteiger partial charge >= 0.3 is 5.97 Å². The molecule has 0 saturated heterocycles. The number of hydrogen-bond donors (Lipinski definition) is 3. The Balaban J connectivity index is 2.06. The van der Waals surface area contributed by atoms with E-state index in [0.29, 0.717) is 39.2 Å². The number of benzene rings is 1. The smallest absolute Gasteiger partial charge is 0.336 e. The van der Waals surface area contributed by atoms with Gasteiger partial charge < -0.3 is 21.5 Å². The van der Waals surface area contributed by atoms with Crippen molar-refractivity contribution in [3.63, 3.8) is 0 Å². The fraction of sp³-hybridized carbons (Fsp3) is 0.188. The minimum Gasteiger partial charge on any atom is -0.466 e. The van der Waals surface area contributed by atoms with Crippen LogP contribution in [0.15, 0.2) is 34.1 Å². The molecule has 1 aromatic carbocycles. The lowest BCUT2D eigenvalue weighted by Crippen LogP contribution is -2.26. The van der Waals surface area contributed by atoms with Crippen LogP contribution in [0.5, 0.6) is 0 Å². The topological polar surface area (TPSA) is 155 Å². The van der Waals surface area contributed by atoms with E-state index in [0.717, 1.165) is 0 Å². The summed E-state index contributed by atoms with van der Waals surface area (Å²) >= 11 is 0. The Hall–Kier alpha value is -3.69. The van der Waals surface area contributed by atoms with Crippen molar-refractivity contribution in [3.05, 3.63) is 40.6 Å². The van der Waals surface area contributed by atoms with Gasteiger partial charge in [0.25, 0.3) is 0 Å². The maximum absolute atomic E-state index is 12.5. The van der Waals surface area contributed by atoms with E-state index in [9.17, 15) is 4.79 Å². The zero-order valence-electron chi connectivity index (χ0n) is 14.0. The monoisotopic (exact) mass is 353 g/mol. The van der Waals surface area contributed by atoms with Gasteiger partial charge in [0.15, 0.2) is 0 Å². The third-order valence-electron chi connectivity index (χ3n) is 4.31. The first-order valence-electron chi connectivity index (χ1n) is 7.71. The summed E-state index contributed by atoms with van der Waals surface area (Å²) in [5, 5.41) is 10.9. The third-order valence-corrected chi connectivity index (χ3v) is 4.31. The molecule has 4 rings (SSSR count). The number of carbonyl (C=O) groups excluding carboxylic acids is 1. The molecule has 10 nitrogen and oxygen atoms in total. The zero-order valence-corrected chi connectivity index (χ0v) is 14.0. The lowest BCUT2D eigenvalue weighted by molar-refractivity contribution is -0.136. The minimum atomic E-state index is -0.616. The molecule has 0 fully saturated rings. The number of methoxy groups -OCH3 is 1. The number of esters is 1. The summed E-state index contributed by atoms with van der Waals surface area (Å²) in [6.45, 7) is 1.75. The lowest BCUT2D eigenvalue weighted by atomic mass is 9.81. The molecular formula is C16H15N7O3. The van der Waals surface area contributed by atoms with Crippen molar-refractivity contribution in [3.8, 4) is 0 Å². The van der Waals surface area contributed by atoms with Crippen molar-refractivity contribution in [2.75, 3.05) is 23.9 Å². The third kappa shape index (κ3) is 2.23. The van der Waals surface area contributed by atoms with E-state index in [4.69, 9.17) is 20.8 Å². The maximum Gasteiger partial charge on any atom is 0.336 e. The van der Waals surface area contributed by atoms with Crippen LogP contribution >= 0.6 is 0 Å². The second kappa shape index (κ2) is 5.69. The van der Waals surface area contributed by atoms with Crippen molar-refractivity contribution in [1.82, 2.24) is 20.3 Å². The van der Waals surface area contributed by atoms with E-state index in [1.54, 1.807) is 19.1 Å². The maximum atomic E-state index is 12.5. The molecule has 1 unspecified atom stereocenters. The van der Waals surface area contributed by atoms with Crippen molar-refractivity contribution in [2.24, 2.45) is 0 Å². The predicted molar refractivity (Wildman–Crippen MR) is 92.8 cm³/mol. The molecule has 0 spiro atoms. The molecule has 0 amide bonds. The average Bonchev–Trinajstić information content (AvgIpc) is 3.08. The number of carbonyl (C=O) groups is 1. The largest absolute Gasteiger partial charge is 0.466 e. The summed E-state index contributed by atoms with van der Waals surface area (Å²) in [5.74, 6) is -0.501. The van der Waals surface area contributed by atoms with Crippen molar-refractivity contribution in [1.29, 1.82) is 0 Å². The van der Waals surface area contributed by atoms with Crippen molar-refractivity contribution in [2.45, 2.75) is 12.8 Å². The second-order valence-electron chi connectivity index (χ2n) is 5.80. The van der Waals surface area contributed by atoms with Crippen LogP contribution in [0.4, 0.5) is 17.6 Å². The fourth-order valence-electron chi connectivity index (χ4n) is 3.24. The van der Waals surface area contributed by atoms with Crippen LogP contribution in [0.3, 0.4) is 0 Å². The lowest BCUT2D eigenvalue weighted by Gasteiger charge is -2.29. The van der Waals surface area contributed by atoms with Gasteiger partial charge in [-0.05, 0) is 28.9 Å². The summed E-state index contributed by atoms with van der Waals surface area (Å²) in [5.41, 5.74) is 15.0. The van der Waals surface area contributed by atoms with E-state index in [1.165, 1.54) is 7.11 Å². The van der Waals surface area contributed by atoms with E-state index >= 15 is 0 Å². The summed E-state index contributed by atoms with van der Waals surface area (Å²) in [4.78, 5) is 20.8. The molecule has 1 atom stereocenters. The van der Waals surface area contributed by atoms with Gasteiger partial charge in [-0.15, -0.1) is 0 Å². The van der Waals surface area contributed by atoms with Crippen molar-refractivity contribution < 1.29 is 14.2 Å².